The molecule has 1 aliphatic heterocycles. The normalized spacial score (nSPS) is 16.8. The highest BCUT2D eigenvalue weighted by atomic mass is 16.4. The molecule has 1 aliphatic rings. The molecule has 2 amide bonds. The largest absolute Gasteiger partial charge is 0.462 e. The standard InChI is InChI=1S/C22H25N7O3/c1-14(22(2,3)4)17-20(30)26-16-12-23-13-25-19(16)28(17)29(21(31)32)27-11-10-24-18(27)15-8-6-5-7-9-15/h5-14,17H,1-4H3,(H,26,30)(H,31,32). The smallest absolute Gasteiger partial charge is 0.446 e. The van der Waals surface area contributed by atoms with Crippen LogP contribution >= 0.6 is 0 Å². The molecule has 0 fully saturated rings. The van der Waals surface area contributed by atoms with Gasteiger partial charge in [-0.05, 0) is 11.3 Å². The second-order valence-electron chi connectivity index (χ2n) is 8.73. The van der Waals surface area contributed by atoms with Crippen molar-refractivity contribution < 1.29 is 14.7 Å². The SMILES string of the molecule is CC(C1C(=O)Nc2cncnc2N1N(C(=O)O)n1ccnc1-c1ccccc1)C(C)(C)C. The molecule has 0 saturated carbocycles. The number of hydrogen-bond donors (Lipinski definition) is 2. The number of nitrogens with one attached hydrogen (secondary N) is 1. The van der Waals surface area contributed by atoms with Crippen LogP contribution in [0, 0.1) is 11.3 Å². The van der Waals surface area contributed by atoms with Gasteiger partial charge in [-0.1, -0.05) is 58.0 Å². The highest BCUT2D eigenvalue weighted by Gasteiger charge is 2.46. The lowest BCUT2D eigenvalue weighted by atomic mass is 9.76. The molecular formula is C22H25N7O3. The Morgan fingerprint density at radius 3 is 2.59 bits per heavy atom. The number of aromatic nitrogens is 4. The van der Waals surface area contributed by atoms with Crippen molar-refractivity contribution in [1.82, 2.24) is 19.6 Å². The van der Waals surface area contributed by atoms with E-state index in [0.29, 0.717) is 11.5 Å². The number of carbonyl (C=O) groups excluding carboxylic acids is 1. The summed E-state index contributed by atoms with van der Waals surface area (Å²) in [6.45, 7) is 7.96. The van der Waals surface area contributed by atoms with Crippen LogP contribution in [-0.2, 0) is 4.79 Å². The van der Waals surface area contributed by atoms with Crippen molar-refractivity contribution in [1.29, 1.82) is 0 Å². The average molecular weight is 435 g/mol. The molecule has 32 heavy (non-hydrogen) atoms. The van der Waals surface area contributed by atoms with E-state index in [9.17, 15) is 14.7 Å². The number of nitrogens with zero attached hydrogens (tertiary/aromatic N) is 6. The number of anilines is 2. The van der Waals surface area contributed by atoms with E-state index >= 15 is 0 Å². The minimum absolute atomic E-state index is 0.240. The summed E-state index contributed by atoms with van der Waals surface area (Å²) in [4.78, 5) is 38.6. The number of hydrogen-bond acceptors (Lipinski definition) is 6. The van der Waals surface area contributed by atoms with E-state index in [1.807, 2.05) is 58.0 Å². The fraction of sp³-hybridized carbons (Fsp3) is 0.318. The highest BCUT2D eigenvalue weighted by Crippen LogP contribution is 2.38. The zero-order valence-electron chi connectivity index (χ0n) is 18.3. The molecule has 3 heterocycles. The van der Waals surface area contributed by atoms with Gasteiger partial charge in [0.05, 0.1) is 6.20 Å². The molecule has 0 saturated heterocycles. The summed E-state index contributed by atoms with van der Waals surface area (Å²) < 4.78 is 1.41. The van der Waals surface area contributed by atoms with Gasteiger partial charge in [0, 0.05) is 18.0 Å². The molecular weight excluding hydrogens is 410 g/mol. The van der Waals surface area contributed by atoms with Gasteiger partial charge in [-0.15, -0.1) is 5.12 Å². The van der Waals surface area contributed by atoms with Crippen molar-refractivity contribution in [3.8, 4) is 11.4 Å². The van der Waals surface area contributed by atoms with Crippen LogP contribution in [0.1, 0.15) is 27.7 Å². The number of hydrazine groups is 1. The quantitative estimate of drug-likeness (QED) is 0.645. The van der Waals surface area contributed by atoms with E-state index in [2.05, 4.69) is 20.3 Å². The lowest BCUT2D eigenvalue weighted by Gasteiger charge is -2.46. The molecule has 0 aliphatic carbocycles. The summed E-state index contributed by atoms with van der Waals surface area (Å²) >= 11 is 0. The van der Waals surface area contributed by atoms with Crippen LogP contribution in [0.2, 0.25) is 0 Å². The fourth-order valence-corrected chi connectivity index (χ4v) is 3.70. The number of imidazole rings is 1. The van der Waals surface area contributed by atoms with Crippen LogP contribution in [0.15, 0.2) is 55.2 Å². The maximum absolute atomic E-state index is 13.3. The van der Waals surface area contributed by atoms with Gasteiger partial charge in [0.1, 0.15) is 18.1 Å². The van der Waals surface area contributed by atoms with Crippen LogP contribution in [0.25, 0.3) is 11.4 Å². The molecule has 10 nitrogen and oxygen atoms in total. The molecule has 10 heteroatoms. The maximum atomic E-state index is 13.3. The molecule has 2 N–H and O–H groups in total. The van der Waals surface area contributed by atoms with E-state index in [1.165, 1.54) is 28.4 Å². The second kappa shape index (κ2) is 7.95. The van der Waals surface area contributed by atoms with Crippen LogP contribution in [0.4, 0.5) is 16.3 Å². The maximum Gasteiger partial charge on any atom is 0.446 e. The Bertz CT molecular complexity index is 1140. The Hall–Kier alpha value is -3.95. The molecule has 2 aromatic heterocycles. The lowest BCUT2D eigenvalue weighted by molar-refractivity contribution is -0.119. The molecule has 2 atom stereocenters. The van der Waals surface area contributed by atoms with Crippen molar-refractivity contribution in [3.05, 3.63) is 55.2 Å². The minimum atomic E-state index is -1.29. The van der Waals surface area contributed by atoms with Crippen LogP contribution in [0.5, 0.6) is 0 Å². The monoisotopic (exact) mass is 435 g/mol. The molecule has 2 unspecified atom stereocenters. The summed E-state index contributed by atoms with van der Waals surface area (Å²) in [5.74, 6) is 0.131. The molecule has 166 valence electrons. The van der Waals surface area contributed by atoms with E-state index in [0.717, 1.165) is 10.7 Å². The van der Waals surface area contributed by atoms with Gasteiger partial charge in [0.15, 0.2) is 11.6 Å². The van der Waals surface area contributed by atoms with Gasteiger partial charge < -0.3 is 10.4 Å². The molecule has 3 aromatic rings. The minimum Gasteiger partial charge on any atom is -0.462 e. The summed E-state index contributed by atoms with van der Waals surface area (Å²) in [6, 6.07) is 8.40. The third-order valence-corrected chi connectivity index (χ3v) is 5.77. The van der Waals surface area contributed by atoms with E-state index in [1.54, 1.807) is 6.20 Å². The van der Waals surface area contributed by atoms with Gasteiger partial charge in [0.2, 0.25) is 5.91 Å². The van der Waals surface area contributed by atoms with Crippen LogP contribution in [-0.4, -0.2) is 42.8 Å². The number of fused-ring (bicyclic) bond motifs is 1. The van der Waals surface area contributed by atoms with Crippen molar-refractivity contribution in [3.63, 3.8) is 0 Å². The summed E-state index contributed by atoms with van der Waals surface area (Å²) in [5.41, 5.74) is 0.766. The van der Waals surface area contributed by atoms with Gasteiger partial charge in [0.25, 0.3) is 0 Å². The predicted octanol–water partition coefficient (Wildman–Crippen LogP) is 3.38. The van der Waals surface area contributed by atoms with Crippen molar-refractivity contribution in [2.24, 2.45) is 11.3 Å². The third-order valence-electron chi connectivity index (χ3n) is 5.77. The Labute approximate surface area is 185 Å². The Morgan fingerprint density at radius 2 is 1.94 bits per heavy atom. The summed E-state index contributed by atoms with van der Waals surface area (Å²) in [5, 5.41) is 15.6. The number of carboxylic acid groups (broad SMARTS) is 1. The average Bonchev–Trinajstić information content (AvgIpc) is 3.22. The van der Waals surface area contributed by atoms with Crippen LogP contribution in [0.3, 0.4) is 0 Å². The summed E-state index contributed by atoms with van der Waals surface area (Å²) in [6.07, 6.45) is 4.56. The van der Waals surface area contributed by atoms with E-state index in [4.69, 9.17) is 0 Å². The van der Waals surface area contributed by atoms with Gasteiger partial charge in [-0.25, -0.2) is 29.4 Å². The van der Waals surface area contributed by atoms with Crippen molar-refractivity contribution in [2.75, 3.05) is 15.4 Å². The first-order valence-corrected chi connectivity index (χ1v) is 10.2. The Kier molecular flexibility index (Phi) is 5.29. The van der Waals surface area contributed by atoms with Gasteiger partial charge >= 0.3 is 6.09 Å². The molecule has 0 spiro atoms. The Balaban J connectivity index is 1.93. The van der Waals surface area contributed by atoms with E-state index < -0.39 is 12.1 Å². The first kappa shape index (κ1) is 21.3. The zero-order valence-corrected chi connectivity index (χ0v) is 18.3. The molecule has 0 radical (unpaired) electrons. The van der Waals surface area contributed by atoms with Gasteiger partial charge in [-0.2, -0.15) is 0 Å². The Morgan fingerprint density at radius 1 is 1.22 bits per heavy atom. The first-order chi connectivity index (χ1) is 15.2. The number of rotatable bonds is 4. The fourth-order valence-electron chi connectivity index (χ4n) is 3.70. The van der Waals surface area contributed by atoms with Crippen LogP contribution < -0.4 is 15.4 Å². The number of amides is 2. The molecule has 1 aromatic carbocycles. The zero-order chi connectivity index (χ0) is 23.0. The highest BCUT2D eigenvalue weighted by molar-refractivity contribution is 6.04. The van der Waals surface area contributed by atoms with E-state index in [-0.39, 0.29) is 23.1 Å². The third kappa shape index (κ3) is 3.64. The van der Waals surface area contributed by atoms with Crippen molar-refractivity contribution in [2.45, 2.75) is 33.7 Å². The van der Waals surface area contributed by atoms with Gasteiger partial charge in [-0.3, -0.25) is 4.79 Å². The number of carbonyl (C=O) groups is 2. The lowest BCUT2D eigenvalue weighted by Crippen LogP contribution is -2.65. The molecule has 4 rings (SSSR count). The molecule has 0 bridgehead atoms. The summed E-state index contributed by atoms with van der Waals surface area (Å²) in [7, 11) is 0. The van der Waals surface area contributed by atoms with Crippen molar-refractivity contribution >= 4 is 23.5 Å². The number of benzene rings is 1. The first-order valence-electron chi connectivity index (χ1n) is 10.2. The topological polar surface area (TPSA) is 116 Å². The predicted molar refractivity (Wildman–Crippen MR) is 119 cm³/mol. The second-order valence-corrected chi connectivity index (χ2v) is 8.73.